The summed E-state index contributed by atoms with van der Waals surface area (Å²) in [5.41, 5.74) is 1.45. The summed E-state index contributed by atoms with van der Waals surface area (Å²) in [5.74, 6) is -0.216. The number of rotatable bonds is 6. The first kappa shape index (κ1) is 16.7. The summed E-state index contributed by atoms with van der Waals surface area (Å²) in [6.07, 6.45) is 5.05. The molecule has 1 fully saturated rings. The van der Waals surface area contributed by atoms with Crippen molar-refractivity contribution in [3.05, 3.63) is 23.5 Å². The number of carbonyl (C=O) groups excluding carboxylic acids is 1. The van der Waals surface area contributed by atoms with Crippen LogP contribution < -0.4 is 10.1 Å². The van der Waals surface area contributed by atoms with Crippen molar-refractivity contribution in [3.8, 4) is 5.75 Å². The normalized spacial score (nSPS) is 22.2. The summed E-state index contributed by atoms with van der Waals surface area (Å²) in [4.78, 5) is 29.3. The molecule has 0 atom stereocenters. The van der Waals surface area contributed by atoms with Gasteiger partial charge in [-0.2, -0.15) is 0 Å². The number of fused-ring (bicyclic) bond motifs is 1. The highest BCUT2D eigenvalue weighted by atomic mass is 16.5. The van der Waals surface area contributed by atoms with Crippen LogP contribution in [-0.4, -0.2) is 58.6 Å². The highest BCUT2D eigenvalue weighted by molar-refractivity contribution is 5.92. The van der Waals surface area contributed by atoms with Gasteiger partial charge in [0.2, 0.25) is 0 Å². The van der Waals surface area contributed by atoms with Crippen LogP contribution in [0.5, 0.6) is 5.75 Å². The molecule has 2 aliphatic rings. The molecule has 2 N–H and O–H groups in total. The van der Waals surface area contributed by atoms with Gasteiger partial charge in [0.05, 0.1) is 19.3 Å². The number of carbonyl (C=O) groups is 2. The van der Waals surface area contributed by atoms with E-state index in [-0.39, 0.29) is 24.5 Å². The van der Waals surface area contributed by atoms with E-state index in [1.54, 1.807) is 6.20 Å². The molecule has 0 bridgehead atoms. The van der Waals surface area contributed by atoms with Gasteiger partial charge in [0, 0.05) is 12.1 Å². The second kappa shape index (κ2) is 7.17. The number of nitrogens with one attached hydrogen (secondary N) is 1. The van der Waals surface area contributed by atoms with Gasteiger partial charge in [0.1, 0.15) is 11.4 Å². The molecule has 2 heterocycles. The van der Waals surface area contributed by atoms with Crippen LogP contribution >= 0.6 is 0 Å². The molecule has 0 unspecified atom stereocenters. The fourth-order valence-corrected chi connectivity index (χ4v) is 3.31. The molecule has 0 radical (unpaired) electrons. The lowest BCUT2D eigenvalue weighted by Gasteiger charge is -2.42. The van der Waals surface area contributed by atoms with Gasteiger partial charge in [-0.15, -0.1) is 0 Å². The number of nitrogens with zero attached hydrogens (tertiary/aromatic N) is 2. The number of aryl methyl sites for hydroxylation is 1. The van der Waals surface area contributed by atoms with Crippen molar-refractivity contribution in [3.63, 3.8) is 0 Å². The zero-order chi connectivity index (χ0) is 17.1. The van der Waals surface area contributed by atoms with Crippen molar-refractivity contribution in [2.24, 2.45) is 0 Å². The number of carboxylic acid groups (broad SMARTS) is 1. The van der Waals surface area contributed by atoms with Crippen molar-refractivity contribution in [2.75, 3.05) is 19.7 Å². The van der Waals surface area contributed by atoms with E-state index in [0.717, 1.165) is 37.0 Å². The molecule has 7 heteroatoms. The third kappa shape index (κ3) is 3.67. The monoisotopic (exact) mass is 333 g/mol. The van der Waals surface area contributed by atoms with Crippen molar-refractivity contribution >= 4 is 11.9 Å². The summed E-state index contributed by atoms with van der Waals surface area (Å²) in [5, 5.41) is 11.9. The Morgan fingerprint density at radius 1 is 1.46 bits per heavy atom. The molecular weight excluding hydrogens is 310 g/mol. The summed E-state index contributed by atoms with van der Waals surface area (Å²) in [7, 11) is 0. The molecule has 0 aromatic carbocycles. The lowest BCUT2D eigenvalue weighted by molar-refractivity contribution is -0.139. The van der Waals surface area contributed by atoms with Crippen LogP contribution in [0.2, 0.25) is 0 Å². The minimum Gasteiger partial charge on any atom is -0.492 e. The number of likely N-dealkylation sites (N-methyl/N-ethyl adjacent to an activating group) is 1. The van der Waals surface area contributed by atoms with Gasteiger partial charge < -0.3 is 15.2 Å². The fourth-order valence-electron chi connectivity index (χ4n) is 3.31. The highest BCUT2D eigenvalue weighted by Crippen LogP contribution is 2.27. The molecule has 0 saturated heterocycles. The third-order valence-corrected chi connectivity index (χ3v) is 4.74. The molecule has 1 aliphatic carbocycles. The average Bonchev–Trinajstić information content (AvgIpc) is 2.55. The molecule has 1 saturated carbocycles. The zero-order valence-corrected chi connectivity index (χ0v) is 13.8. The quantitative estimate of drug-likeness (QED) is 0.809. The van der Waals surface area contributed by atoms with E-state index in [1.165, 1.54) is 0 Å². The van der Waals surface area contributed by atoms with Crippen molar-refractivity contribution in [1.29, 1.82) is 0 Å². The Hall–Kier alpha value is -2.15. The molecule has 3 rings (SSSR count). The second-order valence-electron chi connectivity index (χ2n) is 6.38. The Morgan fingerprint density at radius 2 is 2.25 bits per heavy atom. The van der Waals surface area contributed by atoms with Crippen LogP contribution in [0.3, 0.4) is 0 Å². The first-order valence-electron chi connectivity index (χ1n) is 8.45. The SMILES string of the molecule is CCN(CC(=O)O)C1CC(NC(=O)c2cc3c(cn2)OCCC3)C1. The van der Waals surface area contributed by atoms with E-state index in [9.17, 15) is 9.59 Å². The lowest BCUT2D eigenvalue weighted by atomic mass is 9.85. The third-order valence-electron chi connectivity index (χ3n) is 4.74. The minimum absolute atomic E-state index is 0.0498. The van der Waals surface area contributed by atoms with E-state index in [4.69, 9.17) is 9.84 Å². The predicted octanol–water partition coefficient (Wildman–Crippen LogP) is 1.07. The number of amides is 1. The molecule has 1 aliphatic heterocycles. The molecular formula is C17H23N3O4. The predicted molar refractivity (Wildman–Crippen MR) is 87.2 cm³/mol. The Balaban J connectivity index is 1.52. The maximum absolute atomic E-state index is 12.3. The number of hydrogen-bond acceptors (Lipinski definition) is 5. The van der Waals surface area contributed by atoms with Crippen LogP contribution in [0.15, 0.2) is 12.3 Å². The fraction of sp³-hybridized carbons (Fsp3) is 0.588. The summed E-state index contributed by atoms with van der Waals surface area (Å²) >= 11 is 0. The Bertz CT molecular complexity index is 628. The van der Waals surface area contributed by atoms with Gasteiger partial charge in [-0.25, -0.2) is 4.98 Å². The van der Waals surface area contributed by atoms with Gasteiger partial charge in [0.15, 0.2) is 0 Å². The summed E-state index contributed by atoms with van der Waals surface area (Å²) in [6.45, 7) is 3.40. The number of aromatic nitrogens is 1. The lowest BCUT2D eigenvalue weighted by Crippen LogP contribution is -2.54. The Kier molecular flexibility index (Phi) is 4.99. The summed E-state index contributed by atoms with van der Waals surface area (Å²) < 4.78 is 5.51. The molecule has 7 nitrogen and oxygen atoms in total. The van der Waals surface area contributed by atoms with Crippen LogP contribution in [0.1, 0.15) is 42.2 Å². The number of aliphatic carboxylic acids is 1. The van der Waals surface area contributed by atoms with Gasteiger partial charge in [-0.05, 0) is 43.9 Å². The van der Waals surface area contributed by atoms with Crippen LogP contribution in [-0.2, 0) is 11.2 Å². The topological polar surface area (TPSA) is 91.8 Å². The number of pyridine rings is 1. The molecule has 24 heavy (non-hydrogen) atoms. The van der Waals surface area contributed by atoms with E-state index in [2.05, 4.69) is 10.3 Å². The minimum atomic E-state index is -0.815. The van der Waals surface area contributed by atoms with Gasteiger partial charge >= 0.3 is 5.97 Å². The van der Waals surface area contributed by atoms with E-state index >= 15 is 0 Å². The second-order valence-corrected chi connectivity index (χ2v) is 6.38. The summed E-state index contributed by atoms with van der Waals surface area (Å²) in [6, 6.07) is 2.11. The van der Waals surface area contributed by atoms with Crippen LogP contribution in [0.4, 0.5) is 0 Å². The first-order chi connectivity index (χ1) is 11.6. The van der Waals surface area contributed by atoms with Crippen molar-refractivity contribution in [2.45, 2.75) is 44.7 Å². The molecule has 1 aromatic rings. The van der Waals surface area contributed by atoms with Gasteiger partial charge in [-0.1, -0.05) is 6.92 Å². The maximum Gasteiger partial charge on any atom is 0.317 e. The average molecular weight is 333 g/mol. The maximum atomic E-state index is 12.3. The van der Waals surface area contributed by atoms with E-state index < -0.39 is 5.97 Å². The molecule has 1 amide bonds. The zero-order valence-electron chi connectivity index (χ0n) is 13.8. The number of hydrogen-bond donors (Lipinski definition) is 2. The van der Waals surface area contributed by atoms with Crippen molar-refractivity contribution < 1.29 is 19.4 Å². The van der Waals surface area contributed by atoms with Crippen molar-refractivity contribution in [1.82, 2.24) is 15.2 Å². The smallest absolute Gasteiger partial charge is 0.317 e. The number of ether oxygens (including phenoxy) is 1. The highest BCUT2D eigenvalue weighted by Gasteiger charge is 2.35. The first-order valence-corrected chi connectivity index (χ1v) is 8.45. The number of carboxylic acids is 1. The van der Waals surface area contributed by atoms with Crippen LogP contribution in [0, 0.1) is 0 Å². The van der Waals surface area contributed by atoms with Gasteiger partial charge in [0.25, 0.3) is 5.91 Å². The molecule has 0 spiro atoms. The Labute approximate surface area is 141 Å². The molecule has 1 aromatic heterocycles. The van der Waals surface area contributed by atoms with Crippen LogP contribution in [0.25, 0.3) is 0 Å². The largest absolute Gasteiger partial charge is 0.492 e. The standard InChI is InChI=1S/C17H23N3O4/c1-2-20(10-16(21)22)13-7-12(8-13)19-17(23)14-6-11-4-3-5-24-15(11)9-18-14/h6,9,12-13H,2-5,7-8,10H2,1H3,(H,19,23)(H,21,22). The van der Waals surface area contributed by atoms with E-state index in [1.807, 2.05) is 17.9 Å². The van der Waals surface area contributed by atoms with E-state index in [0.29, 0.717) is 18.8 Å². The van der Waals surface area contributed by atoms with Gasteiger partial charge in [-0.3, -0.25) is 14.5 Å². The molecule has 130 valence electrons. The Morgan fingerprint density at radius 3 is 2.96 bits per heavy atom.